The van der Waals surface area contributed by atoms with Crippen molar-refractivity contribution in [2.45, 2.75) is 27.2 Å². The number of nitrogens with one attached hydrogen (secondary N) is 2. The van der Waals surface area contributed by atoms with Crippen molar-refractivity contribution in [2.24, 2.45) is 0 Å². The summed E-state index contributed by atoms with van der Waals surface area (Å²) >= 11 is 0. The Bertz CT molecular complexity index is 1230. The topological polar surface area (TPSA) is 83.1 Å². The minimum absolute atomic E-state index is 0.0300. The predicted octanol–water partition coefficient (Wildman–Crippen LogP) is 4.98. The first kappa shape index (κ1) is 23.4. The Morgan fingerprint density at radius 1 is 1.03 bits per heavy atom. The van der Waals surface area contributed by atoms with Crippen LogP contribution in [0.15, 0.2) is 60.9 Å². The van der Waals surface area contributed by atoms with Crippen molar-refractivity contribution >= 4 is 28.4 Å². The summed E-state index contributed by atoms with van der Waals surface area (Å²) in [4.78, 5) is 26.9. The summed E-state index contributed by atoms with van der Waals surface area (Å²) in [5, 5.41) is 3.97. The molecular formula is C27H31N5O2. The van der Waals surface area contributed by atoms with Gasteiger partial charge in [0.1, 0.15) is 17.8 Å². The number of aromatic amines is 1. The van der Waals surface area contributed by atoms with E-state index in [2.05, 4.69) is 31.2 Å². The first-order valence-electron chi connectivity index (χ1n) is 11.8. The molecule has 3 heterocycles. The Morgan fingerprint density at radius 3 is 2.44 bits per heavy atom. The Hall–Kier alpha value is -3.71. The summed E-state index contributed by atoms with van der Waals surface area (Å²) < 4.78 is 5.46. The molecule has 2 aromatic carbocycles. The zero-order valence-corrected chi connectivity index (χ0v) is 20.0. The van der Waals surface area contributed by atoms with E-state index in [0.29, 0.717) is 19.6 Å². The van der Waals surface area contributed by atoms with Gasteiger partial charge < -0.3 is 19.9 Å². The van der Waals surface area contributed by atoms with Gasteiger partial charge in [-0.1, -0.05) is 55.8 Å². The number of hydrogen-bond donors (Lipinski definition) is 2. The number of rotatable bonds is 5. The van der Waals surface area contributed by atoms with Crippen LogP contribution in [0.1, 0.15) is 25.0 Å². The van der Waals surface area contributed by atoms with Crippen LogP contribution in [0.25, 0.3) is 22.3 Å². The molecule has 2 aromatic heterocycles. The highest BCUT2D eigenvalue weighted by molar-refractivity contribution is 5.94. The third-order valence-electron chi connectivity index (χ3n) is 5.68. The predicted molar refractivity (Wildman–Crippen MR) is 137 cm³/mol. The summed E-state index contributed by atoms with van der Waals surface area (Å²) in [6.07, 6.45) is 1.95. The van der Waals surface area contributed by atoms with Gasteiger partial charge in [-0.2, -0.15) is 0 Å². The molecule has 0 saturated carbocycles. The zero-order chi connectivity index (χ0) is 23.9. The van der Waals surface area contributed by atoms with Crippen LogP contribution in [0.2, 0.25) is 0 Å². The van der Waals surface area contributed by atoms with Gasteiger partial charge in [-0.15, -0.1) is 0 Å². The number of nitrogens with zero attached hydrogens (tertiary/aromatic N) is 3. The molecule has 1 saturated heterocycles. The molecule has 0 atom stereocenters. The number of aromatic nitrogens is 3. The van der Waals surface area contributed by atoms with Gasteiger partial charge in [-0.3, -0.25) is 4.79 Å². The van der Waals surface area contributed by atoms with E-state index in [-0.39, 0.29) is 5.91 Å². The lowest BCUT2D eigenvalue weighted by molar-refractivity contribution is -0.115. The Morgan fingerprint density at radius 2 is 1.74 bits per heavy atom. The number of benzene rings is 2. The second kappa shape index (κ2) is 10.9. The Kier molecular flexibility index (Phi) is 7.54. The lowest BCUT2D eigenvalue weighted by Crippen LogP contribution is -2.36. The van der Waals surface area contributed by atoms with Crippen LogP contribution in [0.3, 0.4) is 0 Å². The van der Waals surface area contributed by atoms with Crippen LogP contribution in [-0.2, 0) is 16.0 Å². The maximum absolute atomic E-state index is 12.4. The van der Waals surface area contributed by atoms with Crippen LogP contribution >= 0.6 is 0 Å². The minimum atomic E-state index is -0.0300. The van der Waals surface area contributed by atoms with Crippen LogP contribution in [0.4, 0.5) is 11.5 Å². The van der Waals surface area contributed by atoms with E-state index < -0.39 is 0 Å². The molecular weight excluding hydrogens is 426 g/mol. The summed E-state index contributed by atoms with van der Waals surface area (Å²) in [7, 11) is 0. The zero-order valence-electron chi connectivity index (χ0n) is 20.0. The van der Waals surface area contributed by atoms with Crippen molar-refractivity contribution in [1.82, 2.24) is 15.0 Å². The molecule has 0 aliphatic carbocycles. The molecule has 1 fully saturated rings. The number of carbonyl (C=O) groups excluding carboxylic acids is 1. The first-order valence-corrected chi connectivity index (χ1v) is 11.8. The number of amides is 1. The Labute approximate surface area is 200 Å². The molecule has 0 bridgehead atoms. The molecule has 34 heavy (non-hydrogen) atoms. The quantitative estimate of drug-likeness (QED) is 0.442. The summed E-state index contributed by atoms with van der Waals surface area (Å²) in [5.74, 6) is 0.901. The van der Waals surface area contributed by atoms with Gasteiger partial charge in [0.05, 0.1) is 25.0 Å². The van der Waals surface area contributed by atoms with Crippen molar-refractivity contribution in [3.05, 3.63) is 72.1 Å². The molecule has 2 N–H and O–H groups in total. The van der Waals surface area contributed by atoms with E-state index in [0.717, 1.165) is 52.4 Å². The highest BCUT2D eigenvalue weighted by Gasteiger charge is 2.17. The molecule has 0 unspecified atom stereocenters. The molecule has 7 heteroatoms. The second-order valence-electron chi connectivity index (χ2n) is 8.03. The molecule has 176 valence electrons. The molecule has 1 aliphatic rings. The molecule has 7 nitrogen and oxygen atoms in total. The fourth-order valence-electron chi connectivity index (χ4n) is 3.94. The van der Waals surface area contributed by atoms with Gasteiger partial charge in [-0.25, -0.2) is 9.97 Å². The van der Waals surface area contributed by atoms with Crippen molar-refractivity contribution < 1.29 is 9.53 Å². The summed E-state index contributed by atoms with van der Waals surface area (Å²) in [6, 6.07) is 17.9. The molecule has 0 radical (unpaired) electrons. The minimum Gasteiger partial charge on any atom is -0.378 e. The van der Waals surface area contributed by atoms with Crippen molar-refractivity contribution in [2.75, 3.05) is 36.5 Å². The van der Waals surface area contributed by atoms with Crippen molar-refractivity contribution in [3.8, 4) is 11.3 Å². The van der Waals surface area contributed by atoms with E-state index in [1.807, 2.05) is 69.3 Å². The molecule has 1 amide bonds. The second-order valence-corrected chi connectivity index (χ2v) is 8.03. The monoisotopic (exact) mass is 457 g/mol. The van der Waals surface area contributed by atoms with Crippen LogP contribution < -0.4 is 10.2 Å². The van der Waals surface area contributed by atoms with Gasteiger partial charge >= 0.3 is 0 Å². The van der Waals surface area contributed by atoms with Gasteiger partial charge in [0, 0.05) is 24.5 Å². The van der Waals surface area contributed by atoms with Gasteiger partial charge in [-0.05, 0) is 36.2 Å². The average molecular weight is 458 g/mol. The van der Waals surface area contributed by atoms with E-state index in [4.69, 9.17) is 4.74 Å². The summed E-state index contributed by atoms with van der Waals surface area (Å²) in [5.41, 5.74) is 5.76. The molecule has 1 aliphatic heterocycles. The van der Waals surface area contributed by atoms with E-state index >= 15 is 0 Å². The number of ether oxygens (including phenoxy) is 1. The maximum Gasteiger partial charge on any atom is 0.228 e. The van der Waals surface area contributed by atoms with E-state index in [9.17, 15) is 4.79 Å². The number of aryl methyl sites for hydroxylation is 1. The average Bonchev–Trinajstić information content (AvgIpc) is 3.32. The van der Waals surface area contributed by atoms with Gasteiger partial charge in [0.15, 0.2) is 0 Å². The lowest BCUT2D eigenvalue weighted by Gasteiger charge is -2.27. The smallest absolute Gasteiger partial charge is 0.228 e. The third-order valence-corrected chi connectivity index (χ3v) is 5.68. The van der Waals surface area contributed by atoms with E-state index in [1.165, 1.54) is 5.56 Å². The van der Waals surface area contributed by atoms with Crippen LogP contribution in [0.5, 0.6) is 0 Å². The van der Waals surface area contributed by atoms with Crippen LogP contribution in [0, 0.1) is 6.92 Å². The van der Waals surface area contributed by atoms with Gasteiger partial charge in [0.2, 0.25) is 5.91 Å². The number of anilines is 2. The van der Waals surface area contributed by atoms with E-state index in [1.54, 1.807) is 6.33 Å². The Balaban J connectivity index is 0.00000133. The van der Waals surface area contributed by atoms with Crippen LogP contribution in [-0.4, -0.2) is 47.2 Å². The van der Waals surface area contributed by atoms with Gasteiger partial charge in [0.25, 0.3) is 0 Å². The number of morpholine rings is 1. The largest absolute Gasteiger partial charge is 0.378 e. The standard InChI is InChI=1S/C25H25N5O2.C2H6/c1-17-2-4-18(5-3-17)14-23(31)28-20-8-6-19(7-9-20)22-15-21-24(29-22)26-16-27-25(21)30-10-12-32-13-11-30;1-2/h2-9,15-16H,10-14H2,1H3,(H,28,31)(H,26,27,29);1-2H3. The molecule has 5 rings (SSSR count). The number of hydrogen-bond acceptors (Lipinski definition) is 5. The highest BCUT2D eigenvalue weighted by Crippen LogP contribution is 2.29. The third kappa shape index (κ3) is 5.43. The first-order chi connectivity index (χ1) is 16.7. The number of fused-ring (bicyclic) bond motifs is 1. The number of H-pyrrole nitrogens is 1. The fraction of sp³-hybridized carbons (Fsp3) is 0.296. The van der Waals surface area contributed by atoms with Crippen molar-refractivity contribution in [3.63, 3.8) is 0 Å². The lowest BCUT2D eigenvalue weighted by atomic mass is 10.1. The normalized spacial score (nSPS) is 13.3. The maximum atomic E-state index is 12.4. The summed E-state index contributed by atoms with van der Waals surface area (Å²) in [6.45, 7) is 9.10. The van der Waals surface area contributed by atoms with Crippen molar-refractivity contribution in [1.29, 1.82) is 0 Å². The molecule has 0 spiro atoms. The number of carbonyl (C=O) groups is 1. The fourth-order valence-corrected chi connectivity index (χ4v) is 3.94. The molecule has 4 aromatic rings. The SMILES string of the molecule is CC.Cc1ccc(CC(=O)Nc2ccc(-c3cc4c(N5CCOCC5)ncnc4[nH]3)cc2)cc1. The highest BCUT2D eigenvalue weighted by atomic mass is 16.5.